The van der Waals surface area contributed by atoms with Crippen LogP contribution in [-0.2, 0) is 15.9 Å². The van der Waals surface area contributed by atoms with E-state index in [4.69, 9.17) is 9.72 Å². The van der Waals surface area contributed by atoms with Crippen molar-refractivity contribution >= 4 is 28.6 Å². The van der Waals surface area contributed by atoms with E-state index in [1.54, 1.807) is 30.0 Å². The molecule has 2 aromatic carbocycles. The molecule has 0 radical (unpaired) electrons. The third-order valence-corrected chi connectivity index (χ3v) is 7.44. The number of rotatable bonds is 5. The molecule has 174 valence electrons. The first kappa shape index (κ1) is 23.6. The number of methoxy groups -OCH3 is 1. The number of nitrogens with zero attached hydrogens (tertiary/aromatic N) is 2. The fourth-order valence-electron chi connectivity index (χ4n) is 4.44. The summed E-state index contributed by atoms with van der Waals surface area (Å²) in [4.78, 5) is 30.4. The van der Waals surface area contributed by atoms with Crippen molar-refractivity contribution in [3.63, 3.8) is 0 Å². The average Bonchev–Trinajstić information content (AvgIpc) is 2.82. The van der Waals surface area contributed by atoms with Gasteiger partial charge in [-0.25, -0.2) is 9.78 Å². The molecule has 4 rings (SSSR count). The molecular weight excluding hydrogens is 432 g/mol. The van der Waals surface area contributed by atoms with Crippen LogP contribution in [0.25, 0.3) is 10.9 Å². The number of fused-ring (bicyclic) bond motifs is 1. The van der Waals surface area contributed by atoms with E-state index >= 15 is 0 Å². The van der Waals surface area contributed by atoms with E-state index in [1.165, 1.54) is 24.7 Å². The summed E-state index contributed by atoms with van der Waals surface area (Å²) in [6, 6.07) is 13.9. The molecule has 5 nitrogen and oxygen atoms in total. The van der Waals surface area contributed by atoms with Gasteiger partial charge in [0.15, 0.2) is 5.16 Å². The number of ether oxygens (including phenoxy) is 1. The van der Waals surface area contributed by atoms with Gasteiger partial charge in [0.2, 0.25) is 0 Å². The number of aromatic nitrogens is 2. The number of carbonyl (C=O) groups excluding carboxylic acids is 1. The van der Waals surface area contributed by atoms with Gasteiger partial charge in [-0.3, -0.25) is 9.36 Å². The predicted octanol–water partition coefficient (Wildman–Crippen LogP) is 6.28. The second-order valence-electron chi connectivity index (χ2n) is 9.82. The normalized spacial score (nSPS) is 15.0. The Kier molecular flexibility index (Phi) is 6.94. The minimum atomic E-state index is -0.427. The smallest absolute Gasteiger partial charge is 0.337 e. The summed E-state index contributed by atoms with van der Waals surface area (Å²) < 4.78 is 6.76. The molecule has 0 amide bonds. The van der Waals surface area contributed by atoms with E-state index < -0.39 is 5.97 Å². The molecule has 1 aliphatic carbocycles. The van der Waals surface area contributed by atoms with Crippen molar-refractivity contribution in [3.05, 3.63) is 69.5 Å². The van der Waals surface area contributed by atoms with Gasteiger partial charge in [-0.15, -0.1) is 0 Å². The average molecular weight is 465 g/mol. The summed E-state index contributed by atoms with van der Waals surface area (Å²) >= 11 is 1.59. The van der Waals surface area contributed by atoms with Crippen molar-refractivity contribution < 1.29 is 9.53 Å². The van der Waals surface area contributed by atoms with Gasteiger partial charge in [0.1, 0.15) is 0 Å². The Morgan fingerprint density at radius 3 is 2.42 bits per heavy atom. The van der Waals surface area contributed by atoms with Gasteiger partial charge in [-0.1, -0.05) is 76.1 Å². The maximum atomic E-state index is 13.6. The number of hydrogen-bond donors (Lipinski definition) is 0. The Labute approximate surface area is 199 Å². The Hall–Kier alpha value is -2.60. The zero-order chi connectivity index (χ0) is 23.6. The summed E-state index contributed by atoms with van der Waals surface area (Å²) in [6.07, 6.45) is 5.49. The first-order valence-electron chi connectivity index (χ1n) is 11.6. The van der Waals surface area contributed by atoms with Crippen LogP contribution in [0.15, 0.2) is 52.4 Å². The lowest BCUT2D eigenvalue weighted by atomic mass is 9.87. The van der Waals surface area contributed by atoms with Crippen molar-refractivity contribution in [1.29, 1.82) is 0 Å². The molecule has 3 aromatic rings. The zero-order valence-corrected chi connectivity index (χ0v) is 20.7. The van der Waals surface area contributed by atoms with Gasteiger partial charge in [0, 0.05) is 11.8 Å². The molecule has 0 aliphatic heterocycles. The first-order valence-corrected chi connectivity index (χ1v) is 12.6. The molecule has 1 saturated carbocycles. The van der Waals surface area contributed by atoms with Crippen molar-refractivity contribution in [2.24, 2.45) is 0 Å². The number of esters is 1. The molecule has 0 saturated heterocycles. The lowest BCUT2D eigenvalue weighted by Gasteiger charge is -2.26. The predicted molar refractivity (Wildman–Crippen MR) is 134 cm³/mol. The maximum Gasteiger partial charge on any atom is 0.337 e. The SMILES string of the molecule is COC(=O)c1ccc2c(=O)n(C3CCCCC3)c(SCc3ccc(C(C)(C)C)cc3)nc2c1. The van der Waals surface area contributed by atoms with Crippen LogP contribution < -0.4 is 5.56 Å². The molecule has 33 heavy (non-hydrogen) atoms. The van der Waals surface area contributed by atoms with Gasteiger partial charge < -0.3 is 4.74 Å². The Balaban J connectivity index is 1.71. The highest BCUT2D eigenvalue weighted by atomic mass is 32.2. The molecule has 0 bridgehead atoms. The summed E-state index contributed by atoms with van der Waals surface area (Å²) in [7, 11) is 1.35. The van der Waals surface area contributed by atoms with Gasteiger partial charge in [-0.05, 0) is 47.6 Å². The largest absolute Gasteiger partial charge is 0.465 e. The van der Waals surface area contributed by atoms with E-state index in [9.17, 15) is 9.59 Å². The van der Waals surface area contributed by atoms with Gasteiger partial charge in [0.05, 0.1) is 23.6 Å². The third kappa shape index (κ3) is 5.16. The molecular formula is C27H32N2O3S. The molecule has 1 heterocycles. The van der Waals surface area contributed by atoms with Crippen LogP contribution >= 0.6 is 11.8 Å². The number of thioether (sulfide) groups is 1. The van der Waals surface area contributed by atoms with E-state index in [2.05, 4.69) is 45.0 Å². The molecule has 0 N–H and O–H groups in total. The highest BCUT2D eigenvalue weighted by molar-refractivity contribution is 7.98. The zero-order valence-electron chi connectivity index (χ0n) is 19.9. The lowest BCUT2D eigenvalue weighted by molar-refractivity contribution is 0.0601. The fraction of sp³-hybridized carbons (Fsp3) is 0.444. The Morgan fingerprint density at radius 2 is 1.79 bits per heavy atom. The van der Waals surface area contributed by atoms with Crippen LogP contribution in [0.2, 0.25) is 0 Å². The summed E-state index contributed by atoms with van der Waals surface area (Å²) in [6.45, 7) is 6.63. The lowest BCUT2D eigenvalue weighted by Crippen LogP contribution is -2.29. The van der Waals surface area contributed by atoms with Gasteiger partial charge in [-0.2, -0.15) is 0 Å². The standard InChI is InChI=1S/C27H32N2O3S/c1-27(2,3)20-13-10-18(11-14-20)17-33-26-28-23-16-19(25(31)32-4)12-15-22(23)24(30)29(26)21-8-6-5-7-9-21/h10-16,21H,5-9,17H2,1-4H3. The minimum absolute atomic E-state index is 0.0195. The Bertz CT molecular complexity index is 1200. The Morgan fingerprint density at radius 1 is 1.09 bits per heavy atom. The van der Waals surface area contributed by atoms with Crippen LogP contribution in [-0.4, -0.2) is 22.6 Å². The van der Waals surface area contributed by atoms with Gasteiger partial charge in [0.25, 0.3) is 5.56 Å². The van der Waals surface area contributed by atoms with Gasteiger partial charge >= 0.3 is 5.97 Å². The summed E-state index contributed by atoms with van der Waals surface area (Å²) in [5.74, 6) is 0.300. The number of benzene rings is 2. The first-order chi connectivity index (χ1) is 15.8. The highest BCUT2D eigenvalue weighted by Crippen LogP contribution is 2.32. The molecule has 1 fully saturated rings. The van der Waals surface area contributed by atoms with Crippen molar-refractivity contribution in [2.45, 2.75) is 75.2 Å². The molecule has 1 aliphatic rings. The molecule has 0 atom stereocenters. The van der Waals surface area contributed by atoms with E-state index in [0.29, 0.717) is 16.5 Å². The maximum absolute atomic E-state index is 13.6. The minimum Gasteiger partial charge on any atom is -0.465 e. The van der Waals surface area contributed by atoms with Crippen LogP contribution in [0.3, 0.4) is 0 Å². The van der Waals surface area contributed by atoms with E-state index in [0.717, 1.165) is 36.6 Å². The highest BCUT2D eigenvalue weighted by Gasteiger charge is 2.22. The van der Waals surface area contributed by atoms with Crippen molar-refractivity contribution in [1.82, 2.24) is 9.55 Å². The summed E-state index contributed by atoms with van der Waals surface area (Å²) in [5, 5.41) is 1.27. The monoisotopic (exact) mass is 464 g/mol. The number of hydrogen-bond acceptors (Lipinski definition) is 5. The number of carbonyl (C=O) groups is 1. The topological polar surface area (TPSA) is 61.2 Å². The molecule has 1 aromatic heterocycles. The van der Waals surface area contributed by atoms with Crippen LogP contribution in [0.1, 0.15) is 80.4 Å². The third-order valence-electron chi connectivity index (χ3n) is 6.42. The second kappa shape index (κ2) is 9.72. The van der Waals surface area contributed by atoms with Crippen LogP contribution in [0.5, 0.6) is 0 Å². The van der Waals surface area contributed by atoms with Crippen LogP contribution in [0, 0.1) is 0 Å². The van der Waals surface area contributed by atoms with Crippen molar-refractivity contribution in [2.75, 3.05) is 7.11 Å². The molecule has 0 unspecified atom stereocenters. The summed E-state index contributed by atoms with van der Waals surface area (Å²) in [5.41, 5.74) is 3.54. The fourth-order valence-corrected chi connectivity index (χ4v) is 5.46. The molecule has 0 spiro atoms. The second-order valence-corrected chi connectivity index (χ2v) is 10.8. The quantitative estimate of drug-likeness (QED) is 0.253. The van der Waals surface area contributed by atoms with Crippen LogP contribution in [0.4, 0.5) is 0 Å². The van der Waals surface area contributed by atoms with E-state index in [-0.39, 0.29) is 17.0 Å². The van der Waals surface area contributed by atoms with Crippen molar-refractivity contribution in [3.8, 4) is 0 Å². The van der Waals surface area contributed by atoms with E-state index in [1.807, 2.05) is 4.57 Å². The molecule has 6 heteroatoms.